The number of carbonyl (C=O) groups excluding carboxylic acids is 2. The van der Waals surface area contributed by atoms with Gasteiger partial charge in [-0.25, -0.2) is 13.6 Å². The van der Waals surface area contributed by atoms with Gasteiger partial charge in [0.05, 0.1) is 16.7 Å². The number of nitriles is 1. The fraction of sp³-hybridized carbons (Fsp3) is 0.120. The lowest BCUT2D eigenvalue weighted by Gasteiger charge is -2.06. The smallest absolute Gasteiger partial charge is 0.338 e. The van der Waals surface area contributed by atoms with Crippen molar-refractivity contribution in [3.05, 3.63) is 97.4 Å². The summed E-state index contributed by atoms with van der Waals surface area (Å²) >= 11 is 0.754. The van der Waals surface area contributed by atoms with Crippen LogP contribution in [0.15, 0.2) is 59.9 Å². The summed E-state index contributed by atoms with van der Waals surface area (Å²) in [6, 6.07) is 10.9. The van der Waals surface area contributed by atoms with E-state index in [4.69, 9.17) is 4.74 Å². The van der Waals surface area contributed by atoms with Crippen LogP contribution in [0.5, 0.6) is 0 Å². The Morgan fingerprint density at radius 3 is 2.43 bits per heavy atom. The van der Waals surface area contributed by atoms with E-state index in [9.17, 15) is 28.4 Å². The molecule has 0 atom stereocenters. The number of amides is 1. The van der Waals surface area contributed by atoms with Crippen LogP contribution in [0.2, 0.25) is 0 Å². The Morgan fingerprint density at radius 1 is 1.20 bits per heavy atom. The van der Waals surface area contributed by atoms with E-state index in [1.165, 1.54) is 36.4 Å². The minimum atomic E-state index is -0.858. The van der Waals surface area contributed by atoms with E-state index in [0.717, 1.165) is 34.1 Å². The van der Waals surface area contributed by atoms with Crippen LogP contribution in [-0.2, 0) is 16.1 Å². The zero-order valence-electron chi connectivity index (χ0n) is 18.5. The molecule has 1 N–H and O–H groups in total. The maximum atomic E-state index is 14.1. The van der Waals surface area contributed by atoms with Gasteiger partial charge in [-0.1, -0.05) is 12.1 Å². The van der Waals surface area contributed by atoms with Crippen LogP contribution in [0.1, 0.15) is 22.8 Å². The van der Waals surface area contributed by atoms with E-state index in [-0.39, 0.29) is 33.5 Å². The molecule has 0 aliphatic carbocycles. The minimum absolute atomic E-state index is 0.000964. The molecule has 0 radical (unpaired) electrons. The Hall–Kier alpha value is -4.36. The highest BCUT2D eigenvalue weighted by Gasteiger charge is 2.17. The van der Waals surface area contributed by atoms with Crippen molar-refractivity contribution in [2.45, 2.75) is 13.5 Å². The van der Waals surface area contributed by atoms with Crippen LogP contribution in [0, 0.1) is 23.0 Å². The van der Waals surface area contributed by atoms with Gasteiger partial charge in [0, 0.05) is 17.8 Å². The van der Waals surface area contributed by atoms with Crippen molar-refractivity contribution in [2.75, 3.05) is 11.9 Å². The number of hydrogen-bond donors (Lipinski definition) is 1. The Labute approximate surface area is 202 Å². The molecular weight excluding hydrogens is 476 g/mol. The average Bonchev–Trinajstić information content (AvgIpc) is 3.12. The summed E-state index contributed by atoms with van der Waals surface area (Å²) in [5, 5.41) is 12.2. The predicted molar refractivity (Wildman–Crippen MR) is 128 cm³/mol. The molecule has 0 bridgehead atoms. The number of carbonyl (C=O) groups is 2. The molecule has 3 aromatic rings. The number of allylic oxidation sites excluding steroid dienone is 1. The topological polar surface area (TPSA) is 101 Å². The number of anilines is 1. The van der Waals surface area contributed by atoms with Crippen LogP contribution in [-0.4, -0.2) is 23.1 Å². The lowest BCUT2D eigenvalue weighted by atomic mass is 10.2. The SMILES string of the molecule is C=CCn1c(=O)/c(=C/c2c(F)cccc2F)s/c1=C(\C#N)C(=O)Nc1ccc(C(=O)OCC)cc1. The first kappa shape index (κ1) is 25.3. The van der Waals surface area contributed by atoms with Crippen molar-refractivity contribution >= 4 is 40.5 Å². The maximum absolute atomic E-state index is 14.1. The summed E-state index contributed by atoms with van der Waals surface area (Å²) in [4.78, 5) is 37.6. The number of nitrogens with one attached hydrogen (secondary N) is 1. The summed E-state index contributed by atoms with van der Waals surface area (Å²) in [5.41, 5.74) is -0.838. The van der Waals surface area contributed by atoms with Crippen LogP contribution >= 0.6 is 11.3 Å². The summed E-state index contributed by atoms with van der Waals surface area (Å²) in [6.07, 6.45) is 2.44. The molecule has 0 aliphatic rings. The molecule has 0 unspecified atom stereocenters. The summed E-state index contributed by atoms with van der Waals surface area (Å²) in [5.74, 6) is -3.04. The zero-order valence-corrected chi connectivity index (χ0v) is 19.3. The monoisotopic (exact) mass is 495 g/mol. The summed E-state index contributed by atoms with van der Waals surface area (Å²) in [6.45, 7) is 5.44. The van der Waals surface area contributed by atoms with Gasteiger partial charge in [-0.15, -0.1) is 17.9 Å². The highest BCUT2D eigenvalue weighted by molar-refractivity contribution is 7.07. The van der Waals surface area contributed by atoms with Gasteiger partial charge in [-0.05, 0) is 49.4 Å². The van der Waals surface area contributed by atoms with Crippen molar-refractivity contribution in [1.82, 2.24) is 4.57 Å². The molecule has 35 heavy (non-hydrogen) atoms. The molecule has 178 valence electrons. The van der Waals surface area contributed by atoms with E-state index >= 15 is 0 Å². The lowest BCUT2D eigenvalue weighted by Crippen LogP contribution is -2.33. The number of halogens is 2. The van der Waals surface area contributed by atoms with Gasteiger partial charge in [0.15, 0.2) is 5.57 Å². The number of nitrogens with zero attached hydrogens (tertiary/aromatic N) is 2. The van der Waals surface area contributed by atoms with Gasteiger partial charge < -0.3 is 10.1 Å². The summed E-state index contributed by atoms with van der Waals surface area (Å²) < 4.78 is 34.2. The normalized spacial score (nSPS) is 12.0. The molecular formula is C25H19F2N3O4S. The number of esters is 1. The largest absolute Gasteiger partial charge is 0.462 e. The van der Waals surface area contributed by atoms with Gasteiger partial charge >= 0.3 is 5.97 Å². The Balaban J connectivity index is 2.08. The van der Waals surface area contributed by atoms with Gasteiger partial charge in [-0.3, -0.25) is 14.2 Å². The number of hydrogen-bond acceptors (Lipinski definition) is 6. The van der Waals surface area contributed by atoms with Gasteiger partial charge in [0.25, 0.3) is 11.5 Å². The number of rotatable bonds is 7. The molecule has 7 nitrogen and oxygen atoms in total. The first-order chi connectivity index (χ1) is 16.8. The molecule has 0 spiro atoms. The second kappa shape index (κ2) is 11.2. The first-order valence-electron chi connectivity index (χ1n) is 10.3. The molecule has 0 aliphatic heterocycles. The molecule has 3 rings (SSSR count). The van der Waals surface area contributed by atoms with Crippen molar-refractivity contribution in [2.24, 2.45) is 0 Å². The predicted octanol–water partition coefficient (Wildman–Crippen LogP) is 2.69. The second-order valence-electron chi connectivity index (χ2n) is 6.99. The molecule has 0 saturated heterocycles. The van der Waals surface area contributed by atoms with Crippen molar-refractivity contribution in [1.29, 1.82) is 5.26 Å². The third-order valence-corrected chi connectivity index (χ3v) is 5.83. The van der Waals surface area contributed by atoms with E-state index < -0.39 is 34.6 Å². The van der Waals surface area contributed by atoms with E-state index in [1.54, 1.807) is 13.0 Å². The quantitative estimate of drug-likeness (QED) is 0.401. The third kappa shape index (κ3) is 5.59. The summed E-state index contributed by atoms with van der Waals surface area (Å²) in [7, 11) is 0. The fourth-order valence-electron chi connectivity index (χ4n) is 3.07. The Bertz CT molecular complexity index is 1500. The van der Waals surface area contributed by atoms with Gasteiger partial charge in [0.2, 0.25) is 0 Å². The molecule has 0 saturated carbocycles. The fourth-order valence-corrected chi connectivity index (χ4v) is 4.16. The molecule has 2 aromatic carbocycles. The molecule has 1 amide bonds. The lowest BCUT2D eigenvalue weighted by molar-refractivity contribution is -0.111. The molecule has 0 fully saturated rings. The first-order valence-corrected chi connectivity index (χ1v) is 11.1. The van der Waals surface area contributed by atoms with Crippen molar-refractivity contribution < 1.29 is 23.1 Å². The maximum Gasteiger partial charge on any atom is 0.338 e. The van der Waals surface area contributed by atoms with Crippen LogP contribution in [0.4, 0.5) is 14.5 Å². The van der Waals surface area contributed by atoms with Crippen molar-refractivity contribution in [3.8, 4) is 6.07 Å². The molecule has 1 aromatic heterocycles. The standard InChI is InChI=1S/C25H19F2N3O4S/c1-3-12-30-23(32)21(13-17-19(26)6-5-7-20(17)27)35-24(30)18(14-28)22(31)29-16-10-8-15(9-11-16)25(33)34-4-2/h3,5-11,13H,1,4,12H2,2H3,(H,29,31)/b21-13-,24-18+. The van der Waals surface area contributed by atoms with Crippen LogP contribution in [0.25, 0.3) is 11.6 Å². The zero-order chi connectivity index (χ0) is 25.5. The second-order valence-corrected chi connectivity index (χ2v) is 8.02. The number of aromatic nitrogens is 1. The van der Waals surface area contributed by atoms with Gasteiger partial charge in [-0.2, -0.15) is 5.26 Å². The Kier molecular flexibility index (Phi) is 8.07. The highest BCUT2D eigenvalue weighted by atomic mass is 32.1. The number of benzene rings is 2. The van der Waals surface area contributed by atoms with Crippen LogP contribution in [0.3, 0.4) is 0 Å². The average molecular weight is 496 g/mol. The van der Waals surface area contributed by atoms with E-state index in [0.29, 0.717) is 5.69 Å². The minimum Gasteiger partial charge on any atom is -0.462 e. The third-order valence-electron chi connectivity index (χ3n) is 4.70. The van der Waals surface area contributed by atoms with E-state index in [2.05, 4.69) is 11.9 Å². The van der Waals surface area contributed by atoms with Crippen molar-refractivity contribution in [3.63, 3.8) is 0 Å². The number of thiazole rings is 1. The highest BCUT2D eigenvalue weighted by Crippen LogP contribution is 2.13. The van der Waals surface area contributed by atoms with E-state index in [1.807, 2.05) is 0 Å². The number of ether oxygens (including phenoxy) is 1. The Morgan fingerprint density at radius 2 is 1.86 bits per heavy atom. The molecule has 10 heteroatoms. The van der Waals surface area contributed by atoms with Crippen LogP contribution < -0.4 is 20.1 Å². The molecule has 1 heterocycles. The van der Waals surface area contributed by atoms with Gasteiger partial charge in [0.1, 0.15) is 22.4 Å².